The zero-order chi connectivity index (χ0) is 19.6. The summed E-state index contributed by atoms with van der Waals surface area (Å²) in [4.78, 5) is 35.1. The second kappa shape index (κ2) is 9.96. The molecular formula is C20H24N4O3. The summed E-state index contributed by atoms with van der Waals surface area (Å²) in [6.45, 7) is 3.06. The highest BCUT2D eigenvalue weighted by atomic mass is 16.2. The van der Waals surface area contributed by atoms with E-state index in [9.17, 15) is 14.4 Å². The molecule has 0 aromatic heterocycles. The fourth-order valence-corrected chi connectivity index (χ4v) is 2.42. The second-order valence-corrected chi connectivity index (χ2v) is 6.06. The van der Waals surface area contributed by atoms with E-state index >= 15 is 0 Å². The van der Waals surface area contributed by atoms with Crippen molar-refractivity contribution in [1.29, 1.82) is 0 Å². The minimum Gasteiger partial charge on any atom is -0.352 e. The standard InChI is InChI=1S/C20H24N4O3/c1-2-3-11-22-18(25)15-9-7-14(8-10-15)13-23-19(26)16-5-4-6-17(12-16)24-20(21)27/h4-10,12H,2-3,11,13H2,1H3,(H,22,25)(H,23,26)(H3,21,24,27). The van der Waals surface area contributed by atoms with Crippen molar-refractivity contribution in [3.8, 4) is 0 Å². The number of amides is 4. The first-order chi connectivity index (χ1) is 13.0. The van der Waals surface area contributed by atoms with Gasteiger partial charge in [-0.3, -0.25) is 9.59 Å². The highest BCUT2D eigenvalue weighted by molar-refractivity contribution is 5.96. The summed E-state index contributed by atoms with van der Waals surface area (Å²) in [6, 6.07) is 12.9. The van der Waals surface area contributed by atoms with Crippen LogP contribution in [-0.2, 0) is 6.54 Å². The van der Waals surface area contributed by atoms with Crippen LogP contribution in [0.3, 0.4) is 0 Å². The largest absolute Gasteiger partial charge is 0.352 e. The monoisotopic (exact) mass is 368 g/mol. The van der Waals surface area contributed by atoms with Gasteiger partial charge in [0.1, 0.15) is 0 Å². The maximum Gasteiger partial charge on any atom is 0.316 e. The molecule has 5 N–H and O–H groups in total. The average Bonchev–Trinajstić information content (AvgIpc) is 2.66. The summed E-state index contributed by atoms with van der Waals surface area (Å²) in [6.07, 6.45) is 1.98. The van der Waals surface area contributed by atoms with Crippen molar-refractivity contribution in [3.63, 3.8) is 0 Å². The maximum absolute atomic E-state index is 12.3. The summed E-state index contributed by atoms with van der Waals surface area (Å²) in [5, 5.41) is 8.09. The molecule has 0 radical (unpaired) electrons. The molecule has 0 spiro atoms. The average molecular weight is 368 g/mol. The molecule has 2 aromatic carbocycles. The molecule has 0 unspecified atom stereocenters. The second-order valence-electron chi connectivity index (χ2n) is 6.06. The van der Waals surface area contributed by atoms with Gasteiger partial charge in [-0.1, -0.05) is 31.5 Å². The smallest absolute Gasteiger partial charge is 0.316 e. The van der Waals surface area contributed by atoms with E-state index < -0.39 is 6.03 Å². The van der Waals surface area contributed by atoms with E-state index in [0.29, 0.717) is 29.9 Å². The van der Waals surface area contributed by atoms with Gasteiger partial charge in [-0.15, -0.1) is 0 Å². The minimum absolute atomic E-state index is 0.0993. The first-order valence-corrected chi connectivity index (χ1v) is 8.81. The lowest BCUT2D eigenvalue weighted by molar-refractivity contribution is 0.0942. The Hall–Kier alpha value is -3.35. The topological polar surface area (TPSA) is 113 Å². The van der Waals surface area contributed by atoms with Crippen LogP contribution in [0.15, 0.2) is 48.5 Å². The van der Waals surface area contributed by atoms with E-state index in [0.717, 1.165) is 18.4 Å². The number of urea groups is 1. The molecule has 0 bridgehead atoms. The molecule has 142 valence electrons. The van der Waals surface area contributed by atoms with Crippen LogP contribution in [0, 0.1) is 0 Å². The van der Waals surface area contributed by atoms with E-state index in [2.05, 4.69) is 22.9 Å². The van der Waals surface area contributed by atoms with Gasteiger partial charge in [-0.2, -0.15) is 0 Å². The number of carbonyl (C=O) groups excluding carboxylic acids is 3. The molecule has 0 heterocycles. The van der Waals surface area contributed by atoms with Crippen molar-refractivity contribution in [2.45, 2.75) is 26.3 Å². The predicted octanol–water partition coefficient (Wildman–Crippen LogP) is 2.64. The number of carbonyl (C=O) groups is 3. The molecule has 27 heavy (non-hydrogen) atoms. The third-order valence-corrected chi connectivity index (χ3v) is 3.88. The molecule has 0 saturated carbocycles. The Bertz CT molecular complexity index is 803. The van der Waals surface area contributed by atoms with Gasteiger partial charge < -0.3 is 21.7 Å². The van der Waals surface area contributed by atoms with Crippen LogP contribution in [-0.4, -0.2) is 24.4 Å². The van der Waals surface area contributed by atoms with Gasteiger partial charge in [-0.25, -0.2) is 4.79 Å². The number of unbranched alkanes of at least 4 members (excludes halogenated alkanes) is 1. The molecule has 0 aliphatic rings. The third-order valence-electron chi connectivity index (χ3n) is 3.88. The molecular weight excluding hydrogens is 344 g/mol. The Morgan fingerprint density at radius 3 is 2.30 bits per heavy atom. The fraction of sp³-hybridized carbons (Fsp3) is 0.250. The van der Waals surface area contributed by atoms with Gasteiger partial charge in [0.05, 0.1) is 0 Å². The molecule has 0 aliphatic carbocycles. The molecule has 7 heteroatoms. The Kier molecular flexibility index (Phi) is 7.37. The van der Waals surface area contributed by atoms with Crippen molar-refractivity contribution in [3.05, 3.63) is 65.2 Å². The first-order valence-electron chi connectivity index (χ1n) is 8.81. The van der Waals surface area contributed by atoms with Crippen LogP contribution in [0.25, 0.3) is 0 Å². The van der Waals surface area contributed by atoms with Gasteiger partial charge in [0.25, 0.3) is 11.8 Å². The summed E-state index contributed by atoms with van der Waals surface area (Å²) in [7, 11) is 0. The summed E-state index contributed by atoms with van der Waals surface area (Å²) in [5.41, 5.74) is 7.40. The number of nitrogens with two attached hydrogens (primary N) is 1. The Labute approximate surface area is 158 Å². The molecule has 0 saturated heterocycles. The van der Waals surface area contributed by atoms with Gasteiger partial charge in [0.2, 0.25) is 0 Å². The zero-order valence-electron chi connectivity index (χ0n) is 15.2. The van der Waals surface area contributed by atoms with Gasteiger partial charge >= 0.3 is 6.03 Å². The molecule has 0 aliphatic heterocycles. The summed E-state index contributed by atoms with van der Waals surface area (Å²) < 4.78 is 0. The molecule has 7 nitrogen and oxygen atoms in total. The Morgan fingerprint density at radius 1 is 0.926 bits per heavy atom. The van der Waals surface area contributed by atoms with Gasteiger partial charge in [0.15, 0.2) is 0 Å². The van der Waals surface area contributed by atoms with Crippen molar-refractivity contribution in [2.24, 2.45) is 5.73 Å². The normalized spacial score (nSPS) is 10.1. The van der Waals surface area contributed by atoms with Gasteiger partial charge in [0, 0.05) is 29.9 Å². The quantitative estimate of drug-likeness (QED) is 0.537. The Balaban J connectivity index is 1.90. The molecule has 0 fully saturated rings. The van der Waals surface area contributed by atoms with Crippen molar-refractivity contribution >= 4 is 23.5 Å². The number of primary amides is 1. The van der Waals surface area contributed by atoms with Crippen LogP contribution in [0.1, 0.15) is 46.0 Å². The molecule has 4 amide bonds. The van der Waals surface area contributed by atoms with Crippen LogP contribution >= 0.6 is 0 Å². The van der Waals surface area contributed by atoms with Crippen LogP contribution in [0.5, 0.6) is 0 Å². The summed E-state index contributed by atoms with van der Waals surface area (Å²) >= 11 is 0. The van der Waals surface area contributed by atoms with Crippen molar-refractivity contribution < 1.29 is 14.4 Å². The Morgan fingerprint density at radius 2 is 1.63 bits per heavy atom. The van der Waals surface area contributed by atoms with Crippen molar-refractivity contribution in [1.82, 2.24) is 10.6 Å². The van der Waals surface area contributed by atoms with E-state index in [1.54, 1.807) is 48.5 Å². The lowest BCUT2D eigenvalue weighted by Crippen LogP contribution is -2.25. The molecule has 2 aromatic rings. The molecule has 2 rings (SSSR count). The zero-order valence-corrected chi connectivity index (χ0v) is 15.2. The van der Waals surface area contributed by atoms with E-state index in [1.165, 1.54) is 0 Å². The number of hydrogen-bond donors (Lipinski definition) is 4. The van der Waals surface area contributed by atoms with Gasteiger partial charge in [-0.05, 0) is 42.3 Å². The van der Waals surface area contributed by atoms with E-state index in [-0.39, 0.29) is 11.8 Å². The fourth-order valence-electron chi connectivity index (χ4n) is 2.42. The predicted molar refractivity (Wildman–Crippen MR) is 105 cm³/mol. The molecule has 0 atom stereocenters. The number of hydrogen-bond acceptors (Lipinski definition) is 3. The van der Waals surface area contributed by atoms with E-state index in [1.807, 2.05) is 0 Å². The van der Waals surface area contributed by atoms with Crippen LogP contribution in [0.4, 0.5) is 10.5 Å². The SMILES string of the molecule is CCCCNC(=O)c1ccc(CNC(=O)c2cccc(NC(N)=O)c2)cc1. The minimum atomic E-state index is -0.689. The highest BCUT2D eigenvalue weighted by Gasteiger charge is 2.08. The van der Waals surface area contributed by atoms with E-state index in [4.69, 9.17) is 5.73 Å². The lowest BCUT2D eigenvalue weighted by atomic mass is 10.1. The third kappa shape index (κ3) is 6.47. The number of anilines is 1. The summed E-state index contributed by atoms with van der Waals surface area (Å²) in [5.74, 6) is -0.373. The van der Waals surface area contributed by atoms with Crippen LogP contribution < -0.4 is 21.7 Å². The van der Waals surface area contributed by atoms with Crippen LogP contribution in [0.2, 0.25) is 0 Å². The first kappa shape index (κ1) is 20.0. The maximum atomic E-state index is 12.3. The lowest BCUT2D eigenvalue weighted by Gasteiger charge is -2.08. The van der Waals surface area contributed by atoms with Crippen molar-refractivity contribution in [2.75, 3.05) is 11.9 Å². The number of rotatable bonds is 8. The number of benzene rings is 2. The number of nitrogens with one attached hydrogen (secondary N) is 3. The highest BCUT2D eigenvalue weighted by Crippen LogP contribution is 2.11.